The Morgan fingerprint density at radius 1 is 1.18 bits per heavy atom. The predicted octanol–water partition coefficient (Wildman–Crippen LogP) is 1.93. The minimum atomic E-state index is -4.72. The molecule has 0 amide bonds. The van der Waals surface area contributed by atoms with Gasteiger partial charge in [0.15, 0.2) is 0 Å². The lowest BCUT2D eigenvalue weighted by Gasteiger charge is -2.41. The molecule has 1 aromatic carbocycles. The first-order chi connectivity index (χ1) is 7.78. The largest absolute Gasteiger partial charge is 0.573 e. The Bertz CT molecular complexity index is 393. The molecule has 0 atom stereocenters. The maximum atomic E-state index is 11.9. The fourth-order valence-electron chi connectivity index (χ4n) is 1.92. The van der Waals surface area contributed by atoms with Crippen LogP contribution in [0.15, 0.2) is 24.3 Å². The molecule has 17 heavy (non-hydrogen) atoms. The molecular formula is C11H11F3O3. The number of aliphatic hydroxyl groups is 2. The average molecular weight is 248 g/mol. The van der Waals surface area contributed by atoms with Crippen LogP contribution in [0, 0.1) is 0 Å². The summed E-state index contributed by atoms with van der Waals surface area (Å²) in [5.74, 6) is -0.329. The average Bonchev–Trinajstić information content (AvgIpc) is 2.14. The second-order valence-electron chi connectivity index (χ2n) is 4.17. The molecule has 0 saturated heterocycles. The standard InChI is InChI=1S/C11H11F3O3/c12-11(13,14)17-9-3-1-7(2-4-9)10(16)5-8(15)6-10/h1-4,8,15-16H,5-6H2. The van der Waals surface area contributed by atoms with E-state index in [9.17, 15) is 18.3 Å². The second kappa shape index (κ2) is 3.89. The van der Waals surface area contributed by atoms with Gasteiger partial charge in [0.05, 0.1) is 11.7 Å². The van der Waals surface area contributed by atoms with Gasteiger partial charge in [0, 0.05) is 12.8 Å². The minimum absolute atomic E-state index is 0.201. The molecule has 6 heteroatoms. The Morgan fingerprint density at radius 3 is 2.12 bits per heavy atom. The van der Waals surface area contributed by atoms with Crippen molar-refractivity contribution in [2.45, 2.75) is 30.9 Å². The number of alkyl halides is 3. The molecule has 1 aromatic rings. The first-order valence-electron chi connectivity index (χ1n) is 5.05. The zero-order valence-electron chi connectivity index (χ0n) is 8.74. The summed E-state index contributed by atoms with van der Waals surface area (Å²) >= 11 is 0. The summed E-state index contributed by atoms with van der Waals surface area (Å²) in [5, 5.41) is 19.1. The molecule has 0 unspecified atom stereocenters. The van der Waals surface area contributed by atoms with E-state index < -0.39 is 18.1 Å². The van der Waals surface area contributed by atoms with Gasteiger partial charge in [-0.3, -0.25) is 0 Å². The Kier molecular flexibility index (Phi) is 2.79. The number of halogens is 3. The quantitative estimate of drug-likeness (QED) is 0.840. The molecule has 0 aliphatic heterocycles. The van der Waals surface area contributed by atoms with Gasteiger partial charge in [-0.2, -0.15) is 0 Å². The number of ether oxygens (including phenoxy) is 1. The number of rotatable bonds is 2. The first-order valence-corrected chi connectivity index (χ1v) is 5.05. The zero-order valence-corrected chi connectivity index (χ0v) is 8.74. The summed E-state index contributed by atoms with van der Waals surface area (Å²) in [7, 11) is 0. The van der Waals surface area contributed by atoms with Gasteiger partial charge >= 0.3 is 6.36 Å². The van der Waals surface area contributed by atoms with Crippen LogP contribution in [-0.2, 0) is 5.60 Å². The fourth-order valence-corrected chi connectivity index (χ4v) is 1.92. The van der Waals surface area contributed by atoms with E-state index in [1.165, 1.54) is 12.1 Å². The van der Waals surface area contributed by atoms with Crippen molar-refractivity contribution in [3.8, 4) is 5.75 Å². The molecule has 1 saturated carbocycles. The van der Waals surface area contributed by atoms with Gasteiger partial charge in [0.1, 0.15) is 5.75 Å². The normalized spacial score (nSPS) is 28.6. The van der Waals surface area contributed by atoms with E-state index in [1.54, 1.807) is 0 Å². The second-order valence-corrected chi connectivity index (χ2v) is 4.17. The van der Waals surface area contributed by atoms with Crippen LogP contribution in [0.3, 0.4) is 0 Å². The van der Waals surface area contributed by atoms with Crippen molar-refractivity contribution in [2.24, 2.45) is 0 Å². The van der Waals surface area contributed by atoms with Crippen molar-refractivity contribution in [3.63, 3.8) is 0 Å². The molecule has 1 fully saturated rings. The van der Waals surface area contributed by atoms with Gasteiger partial charge in [-0.25, -0.2) is 0 Å². The molecule has 0 radical (unpaired) electrons. The number of hydrogen-bond acceptors (Lipinski definition) is 3. The lowest BCUT2D eigenvalue weighted by molar-refractivity contribution is -0.274. The van der Waals surface area contributed by atoms with Crippen molar-refractivity contribution in [1.82, 2.24) is 0 Å². The summed E-state index contributed by atoms with van der Waals surface area (Å²) in [6.45, 7) is 0. The lowest BCUT2D eigenvalue weighted by atomic mass is 9.73. The monoisotopic (exact) mass is 248 g/mol. The van der Waals surface area contributed by atoms with E-state index in [4.69, 9.17) is 5.11 Å². The van der Waals surface area contributed by atoms with E-state index >= 15 is 0 Å². The maximum Gasteiger partial charge on any atom is 0.573 e. The van der Waals surface area contributed by atoms with Crippen molar-refractivity contribution < 1.29 is 28.1 Å². The highest BCUT2D eigenvalue weighted by atomic mass is 19.4. The van der Waals surface area contributed by atoms with Crippen molar-refractivity contribution in [2.75, 3.05) is 0 Å². The molecule has 0 spiro atoms. The molecule has 0 bridgehead atoms. The van der Waals surface area contributed by atoms with Crippen LogP contribution in [-0.4, -0.2) is 22.7 Å². The maximum absolute atomic E-state index is 11.9. The van der Waals surface area contributed by atoms with Gasteiger partial charge in [-0.05, 0) is 17.7 Å². The van der Waals surface area contributed by atoms with Crippen molar-refractivity contribution in [3.05, 3.63) is 29.8 Å². The molecule has 1 aliphatic carbocycles. The summed E-state index contributed by atoms with van der Waals surface area (Å²) in [6.07, 6.45) is -4.87. The molecule has 94 valence electrons. The fraction of sp³-hybridized carbons (Fsp3) is 0.455. The molecule has 3 nitrogen and oxygen atoms in total. The molecular weight excluding hydrogens is 237 g/mol. The molecule has 2 N–H and O–H groups in total. The molecule has 1 aliphatic rings. The minimum Gasteiger partial charge on any atom is -0.406 e. The first kappa shape index (κ1) is 12.2. The van der Waals surface area contributed by atoms with E-state index in [0.717, 1.165) is 12.1 Å². The summed E-state index contributed by atoms with van der Waals surface area (Å²) < 4.78 is 39.4. The highest BCUT2D eigenvalue weighted by Crippen LogP contribution is 2.41. The van der Waals surface area contributed by atoms with E-state index in [0.29, 0.717) is 5.56 Å². The van der Waals surface area contributed by atoms with Gasteiger partial charge < -0.3 is 14.9 Å². The topological polar surface area (TPSA) is 49.7 Å². The SMILES string of the molecule is OC1CC(O)(c2ccc(OC(F)(F)F)cc2)C1. The smallest absolute Gasteiger partial charge is 0.406 e. The van der Waals surface area contributed by atoms with E-state index in [-0.39, 0.29) is 18.6 Å². The third-order valence-electron chi connectivity index (χ3n) is 2.77. The Labute approximate surface area is 95.4 Å². The van der Waals surface area contributed by atoms with Crippen LogP contribution in [0.5, 0.6) is 5.75 Å². The van der Waals surface area contributed by atoms with Crippen LogP contribution in [0.4, 0.5) is 13.2 Å². The van der Waals surface area contributed by atoms with Crippen molar-refractivity contribution in [1.29, 1.82) is 0 Å². The Balaban J connectivity index is 2.09. The number of hydrogen-bond donors (Lipinski definition) is 2. The third-order valence-corrected chi connectivity index (χ3v) is 2.77. The molecule has 0 aromatic heterocycles. The van der Waals surface area contributed by atoms with Gasteiger partial charge in [-0.15, -0.1) is 13.2 Å². The predicted molar refractivity (Wildman–Crippen MR) is 52.3 cm³/mol. The van der Waals surface area contributed by atoms with Crippen LogP contribution in [0.2, 0.25) is 0 Å². The van der Waals surface area contributed by atoms with Crippen molar-refractivity contribution >= 4 is 0 Å². The highest BCUT2D eigenvalue weighted by molar-refractivity contribution is 5.32. The number of aliphatic hydroxyl groups excluding tert-OH is 1. The van der Waals surface area contributed by atoms with Crippen LogP contribution in [0.1, 0.15) is 18.4 Å². The lowest BCUT2D eigenvalue weighted by Crippen LogP contribution is -2.44. The summed E-state index contributed by atoms with van der Waals surface area (Å²) in [5.41, 5.74) is -0.645. The summed E-state index contributed by atoms with van der Waals surface area (Å²) in [4.78, 5) is 0. The summed E-state index contributed by atoms with van der Waals surface area (Å²) in [6, 6.07) is 5.02. The number of benzene rings is 1. The Morgan fingerprint density at radius 2 is 1.71 bits per heavy atom. The van der Waals surface area contributed by atoms with Crippen LogP contribution >= 0.6 is 0 Å². The molecule has 0 heterocycles. The van der Waals surface area contributed by atoms with Gasteiger partial charge in [0.25, 0.3) is 0 Å². The zero-order chi connectivity index (χ0) is 12.7. The molecule has 2 rings (SSSR count). The third kappa shape index (κ3) is 2.70. The van der Waals surface area contributed by atoms with Gasteiger partial charge in [0.2, 0.25) is 0 Å². The Hall–Kier alpha value is -1.27. The van der Waals surface area contributed by atoms with Crippen LogP contribution < -0.4 is 4.74 Å². The highest BCUT2D eigenvalue weighted by Gasteiger charge is 2.43. The van der Waals surface area contributed by atoms with E-state index in [1.807, 2.05) is 0 Å². The van der Waals surface area contributed by atoms with Gasteiger partial charge in [-0.1, -0.05) is 12.1 Å². The van der Waals surface area contributed by atoms with Crippen LogP contribution in [0.25, 0.3) is 0 Å². The van der Waals surface area contributed by atoms with E-state index in [2.05, 4.69) is 4.74 Å².